The van der Waals surface area contributed by atoms with Crippen molar-refractivity contribution < 1.29 is 45.2 Å². The maximum absolute atomic E-state index is 2.40. The maximum Gasteiger partial charge on any atom is -1.00 e. The monoisotopic (exact) mass is 403 g/mol. The van der Waals surface area contributed by atoms with Crippen LogP contribution in [0.1, 0.15) is 17.5 Å². The number of allylic oxidation sites excluding steroid dienone is 4. The minimum Gasteiger partial charge on any atom is -1.00 e. The molecule has 0 spiro atoms. The van der Waals surface area contributed by atoms with Crippen LogP contribution in [0.25, 0.3) is 9.45 Å². The molecule has 2 aromatic rings. The van der Waals surface area contributed by atoms with Gasteiger partial charge in [-0.05, 0) is 0 Å². The summed E-state index contributed by atoms with van der Waals surface area (Å²) in [5.41, 5.74) is 4.50. The molecule has 0 N–H and O–H groups in total. The smallest absolute Gasteiger partial charge is 1.00 e. The van der Waals surface area contributed by atoms with Crippen molar-refractivity contribution in [1.29, 1.82) is 0 Å². The Hall–Kier alpha value is -0.699. The van der Waals surface area contributed by atoms with Crippen LogP contribution in [0.3, 0.4) is 0 Å². The second-order valence-electron chi connectivity index (χ2n) is 6.16. The first kappa shape index (κ1) is 19.6. The molecule has 0 atom stereocenters. The Morgan fingerprint density at radius 3 is 2.21 bits per heavy atom. The molecule has 4 heteroatoms. The Kier molecular flexibility index (Phi) is 6.28. The van der Waals surface area contributed by atoms with Crippen LogP contribution in [-0.4, -0.2) is 8.41 Å². The van der Waals surface area contributed by atoms with Gasteiger partial charge in [0.1, 0.15) is 0 Å². The van der Waals surface area contributed by atoms with E-state index in [1.165, 1.54) is 36.2 Å². The molecule has 0 bridgehead atoms. The van der Waals surface area contributed by atoms with Gasteiger partial charge in [0.15, 0.2) is 0 Å². The maximum atomic E-state index is 2.40. The third-order valence-electron chi connectivity index (χ3n) is 4.57. The first-order valence-electron chi connectivity index (χ1n) is 7.71. The molecule has 2 aliphatic carbocycles. The van der Waals surface area contributed by atoms with Crippen LogP contribution < -0.4 is 30.0 Å². The van der Waals surface area contributed by atoms with E-state index in [9.17, 15) is 0 Å². The molecule has 4 rings (SSSR count). The van der Waals surface area contributed by atoms with Crippen LogP contribution in [0.15, 0.2) is 54.6 Å². The molecule has 0 aliphatic heterocycles. The summed E-state index contributed by atoms with van der Waals surface area (Å²) in [5.74, 6) is 0. The van der Waals surface area contributed by atoms with Crippen molar-refractivity contribution >= 4 is 17.9 Å². The number of fused-ring (bicyclic) bond motifs is 2. The molecule has 0 heterocycles. The van der Waals surface area contributed by atoms with Gasteiger partial charge in [-0.3, -0.25) is 0 Å². The van der Waals surface area contributed by atoms with Gasteiger partial charge in [0.2, 0.25) is 0 Å². The predicted molar refractivity (Wildman–Crippen MR) is 90.7 cm³/mol. The van der Waals surface area contributed by atoms with Crippen LogP contribution in [-0.2, 0) is 20.4 Å². The fraction of sp³-hybridized carbons (Fsp3) is 0.150. The minimum absolute atomic E-state index is 0. The van der Waals surface area contributed by atoms with Crippen LogP contribution in [0.4, 0.5) is 0 Å². The molecule has 0 unspecified atom stereocenters. The van der Waals surface area contributed by atoms with Gasteiger partial charge in [-0.1, -0.05) is 0 Å². The molecule has 2 aromatic carbocycles. The van der Waals surface area contributed by atoms with Crippen LogP contribution in [0.2, 0.25) is 13.1 Å². The van der Waals surface area contributed by atoms with Crippen LogP contribution in [0.5, 0.6) is 0 Å². The van der Waals surface area contributed by atoms with E-state index in [0.717, 1.165) is 6.42 Å². The normalized spacial score (nSPS) is 13.7. The Morgan fingerprint density at radius 1 is 0.875 bits per heavy atom. The third kappa shape index (κ3) is 2.98. The minimum atomic E-state index is -0.491. The zero-order chi connectivity index (χ0) is 15.3. The van der Waals surface area contributed by atoms with E-state index in [2.05, 4.69) is 88.2 Å². The SMILES string of the molecule is C[Si](C)=c1ccc2c(c1C1=CC=CC1)[C]([Ti+2])=c1ccccc1=2.[Cl-].[Cl-]. The Morgan fingerprint density at radius 2 is 1.58 bits per heavy atom. The van der Waals surface area contributed by atoms with E-state index in [0.29, 0.717) is 0 Å². The van der Waals surface area contributed by atoms with E-state index in [1.54, 1.807) is 4.81 Å². The van der Waals surface area contributed by atoms with Gasteiger partial charge in [0, 0.05) is 0 Å². The van der Waals surface area contributed by atoms with Gasteiger partial charge in [-0.25, -0.2) is 0 Å². The summed E-state index contributed by atoms with van der Waals surface area (Å²) in [6.45, 7) is 4.80. The first-order valence-corrected chi connectivity index (χ1v) is 11.0. The van der Waals surface area contributed by atoms with E-state index >= 15 is 0 Å². The molecular weight excluding hydrogens is 387 g/mol. The molecule has 0 nitrogen and oxygen atoms in total. The number of halogens is 2. The molecule has 2 aliphatic rings. The molecule has 0 saturated heterocycles. The number of hydrogen-bond donors (Lipinski definition) is 0. The van der Waals surface area contributed by atoms with Crippen molar-refractivity contribution in [1.82, 2.24) is 0 Å². The summed E-state index contributed by atoms with van der Waals surface area (Å²) in [4.78, 5) is 1.57. The van der Waals surface area contributed by atoms with Gasteiger partial charge >= 0.3 is 144 Å². The van der Waals surface area contributed by atoms with Crippen molar-refractivity contribution in [2.75, 3.05) is 0 Å². The summed E-state index contributed by atoms with van der Waals surface area (Å²) >= 11 is 2.29. The second kappa shape index (κ2) is 7.68. The van der Waals surface area contributed by atoms with E-state index in [1.807, 2.05) is 0 Å². The fourth-order valence-corrected chi connectivity index (χ4v) is 5.49. The fourth-order valence-electron chi connectivity index (χ4n) is 3.54. The van der Waals surface area contributed by atoms with Gasteiger partial charge in [-0.2, -0.15) is 0 Å². The third-order valence-corrected chi connectivity index (χ3v) is 6.88. The summed E-state index contributed by atoms with van der Waals surface area (Å²) in [7, 11) is -0.491. The van der Waals surface area contributed by atoms with Crippen LogP contribution in [0, 0.1) is 15.3 Å². The molecule has 0 radical (unpaired) electrons. The van der Waals surface area contributed by atoms with Crippen molar-refractivity contribution in [3.05, 3.63) is 86.2 Å². The number of rotatable bonds is 1. The molecule has 0 aromatic heterocycles. The van der Waals surface area contributed by atoms with E-state index in [-0.39, 0.29) is 24.8 Å². The van der Waals surface area contributed by atoms with Crippen molar-refractivity contribution in [3.8, 4) is 0 Å². The van der Waals surface area contributed by atoms with Crippen molar-refractivity contribution in [3.63, 3.8) is 0 Å². The molecule has 119 valence electrons. The Bertz CT molecular complexity index is 1080. The van der Waals surface area contributed by atoms with Gasteiger partial charge in [-0.15, -0.1) is 0 Å². The summed E-state index contributed by atoms with van der Waals surface area (Å²) < 4.78 is 1.44. The van der Waals surface area contributed by atoms with Crippen molar-refractivity contribution in [2.24, 2.45) is 0 Å². The largest absolute Gasteiger partial charge is 1.00 e. The molecule has 0 fully saturated rings. The molecular formula is C20H17Cl2SiTi. The van der Waals surface area contributed by atoms with Gasteiger partial charge < -0.3 is 24.8 Å². The van der Waals surface area contributed by atoms with Crippen LogP contribution >= 0.6 is 0 Å². The Labute approximate surface area is 168 Å². The topological polar surface area (TPSA) is 0 Å². The van der Waals surface area contributed by atoms with E-state index in [4.69, 9.17) is 0 Å². The van der Waals surface area contributed by atoms with E-state index < -0.39 is 8.41 Å². The van der Waals surface area contributed by atoms with Gasteiger partial charge in [0.25, 0.3) is 0 Å². The molecule has 24 heavy (non-hydrogen) atoms. The zero-order valence-electron chi connectivity index (χ0n) is 13.7. The molecule has 0 amide bonds. The number of benzene rings is 2. The number of hydrogen-bond acceptors (Lipinski definition) is 0. The average molecular weight is 404 g/mol. The molecule has 0 saturated carbocycles. The standard InChI is InChI=1S/C20H17Si.2ClH.Ti/c1-21(2)19-12-11-17-16-10-6-5-9-15(16)13-18(17)20(19)14-7-3-4-8-14;;;/h3-7,9-12H,8H2,1-2H3;2*1H;/q;;;+2/p-2. The average Bonchev–Trinajstić information content (AvgIpc) is 3.15. The Balaban J connectivity index is 0.00000104. The van der Waals surface area contributed by atoms with Crippen molar-refractivity contribution in [2.45, 2.75) is 19.5 Å². The summed E-state index contributed by atoms with van der Waals surface area (Å²) in [6.07, 6.45) is 7.85. The first-order chi connectivity index (χ1) is 10.7. The summed E-state index contributed by atoms with van der Waals surface area (Å²) in [5, 5.41) is 4.22. The quantitative estimate of drug-likeness (QED) is 0.480. The second-order valence-corrected chi connectivity index (χ2v) is 9.47. The zero-order valence-corrected chi connectivity index (χ0v) is 17.7. The predicted octanol–water partition coefficient (Wildman–Crippen LogP) is -2.07. The summed E-state index contributed by atoms with van der Waals surface area (Å²) in [6, 6.07) is 13.6. The van der Waals surface area contributed by atoms with Gasteiger partial charge in [0.05, 0.1) is 0 Å².